The number of hydrogen-bond acceptors (Lipinski definition) is 2. The molecule has 0 unspecified atom stereocenters. The highest BCUT2D eigenvalue weighted by Gasteiger charge is 2.03. The van der Waals surface area contributed by atoms with Gasteiger partial charge in [0.1, 0.15) is 5.75 Å². The van der Waals surface area contributed by atoms with Gasteiger partial charge in [0.05, 0.1) is 6.61 Å². The van der Waals surface area contributed by atoms with Crippen LogP contribution in [0.5, 0.6) is 5.75 Å². The molecule has 0 saturated carbocycles. The summed E-state index contributed by atoms with van der Waals surface area (Å²) in [6, 6.07) is 13.1. The second-order valence-corrected chi connectivity index (χ2v) is 6.28. The van der Waals surface area contributed by atoms with Crippen LogP contribution in [0.1, 0.15) is 12.5 Å². The molecule has 5 heteroatoms. The Morgan fingerprint density at radius 3 is 2.68 bits per heavy atom. The Morgan fingerprint density at radius 1 is 1.18 bits per heavy atom. The van der Waals surface area contributed by atoms with Gasteiger partial charge in [-0.25, -0.2) is 0 Å². The summed E-state index contributed by atoms with van der Waals surface area (Å²) in [5, 5.41) is 2.81. The van der Waals surface area contributed by atoms with E-state index in [0.29, 0.717) is 6.61 Å². The van der Waals surface area contributed by atoms with Crippen LogP contribution in [0, 0.1) is 0 Å². The van der Waals surface area contributed by atoms with Gasteiger partial charge in [-0.2, -0.15) is 0 Å². The number of halogens is 2. The first kappa shape index (κ1) is 16.8. The minimum atomic E-state index is -0.194. The number of nitrogens with one attached hydrogen (secondary N) is 1. The van der Waals surface area contributed by atoms with Gasteiger partial charge in [-0.1, -0.05) is 37.9 Å². The summed E-state index contributed by atoms with van der Waals surface area (Å²) in [5.41, 5.74) is 1.59. The maximum absolute atomic E-state index is 12.0. The van der Waals surface area contributed by atoms with Gasteiger partial charge in [0.15, 0.2) is 0 Å². The van der Waals surface area contributed by atoms with Crippen molar-refractivity contribution >= 4 is 49.5 Å². The van der Waals surface area contributed by atoms with E-state index in [4.69, 9.17) is 4.74 Å². The Bertz CT molecular complexity index is 699. The molecule has 0 atom stereocenters. The highest BCUT2D eigenvalue weighted by atomic mass is 79.9. The van der Waals surface area contributed by atoms with Crippen LogP contribution in [0.3, 0.4) is 0 Å². The third-order valence-corrected chi connectivity index (χ3v) is 3.76. The maximum Gasteiger partial charge on any atom is 0.248 e. The van der Waals surface area contributed by atoms with Crippen LogP contribution in [0.15, 0.2) is 57.5 Å². The van der Waals surface area contributed by atoms with Crippen molar-refractivity contribution < 1.29 is 9.53 Å². The number of amides is 1. The summed E-state index contributed by atoms with van der Waals surface area (Å²) in [4.78, 5) is 12.0. The molecule has 0 fully saturated rings. The van der Waals surface area contributed by atoms with Gasteiger partial charge >= 0.3 is 0 Å². The van der Waals surface area contributed by atoms with E-state index in [2.05, 4.69) is 37.2 Å². The van der Waals surface area contributed by atoms with Gasteiger partial charge in [-0.05, 0) is 49.4 Å². The number of benzene rings is 2. The van der Waals surface area contributed by atoms with E-state index >= 15 is 0 Å². The average molecular weight is 425 g/mol. The topological polar surface area (TPSA) is 38.3 Å². The molecule has 0 saturated heterocycles. The molecule has 0 bridgehead atoms. The fourth-order valence-electron chi connectivity index (χ4n) is 1.85. The Labute approximate surface area is 146 Å². The predicted octanol–water partition coefficient (Wildman–Crippen LogP) is 5.26. The Balaban J connectivity index is 2.11. The number of carbonyl (C=O) groups excluding carboxylic acids is 1. The summed E-state index contributed by atoms with van der Waals surface area (Å²) in [7, 11) is 0. The zero-order chi connectivity index (χ0) is 15.9. The Morgan fingerprint density at radius 2 is 1.95 bits per heavy atom. The van der Waals surface area contributed by atoms with E-state index in [0.717, 1.165) is 25.9 Å². The van der Waals surface area contributed by atoms with E-state index in [1.165, 1.54) is 6.08 Å². The SMILES string of the molecule is CCOc1ccc(Br)cc1/C=C/C(=O)Nc1cccc(Br)c1. The summed E-state index contributed by atoms with van der Waals surface area (Å²) < 4.78 is 7.40. The molecule has 0 heterocycles. The van der Waals surface area contributed by atoms with Gasteiger partial charge in [-0.15, -0.1) is 0 Å². The summed E-state index contributed by atoms with van der Waals surface area (Å²) in [6.07, 6.45) is 3.23. The molecular formula is C17H15Br2NO2. The molecule has 114 valence electrons. The molecule has 2 aromatic rings. The fraction of sp³-hybridized carbons (Fsp3) is 0.118. The molecule has 0 aromatic heterocycles. The van der Waals surface area contributed by atoms with Crippen LogP contribution in [0.25, 0.3) is 6.08 Å². The minimum absolute atomic E-state index is 0.194. The molecule has 1 N–H and O–H groups in total. The van der Waals surface area contributed by atoms with Crippen molar-refractivity contribution in [1.29, 1.82) is 0 Å². The predicted molar refractivity (Wildman–Crippen MR) is 97.1 cm³/mol. The molecule has 0 aliphatic heterocycles. The smallest absolute Gasteiger partial charge is 0.248 e. The molecule has 22 heavy (non-hydrogen) atoms. The maximum atomic E-state index is 12.0. The van der Waals surface area contributed by atoms with Crippen molar-refractivity contribution in [3.05, 3.63) is 63.0 Å². The van der Waals surface area contributed by atoms with Gasteiger partial charge in [-0.3, -0.25) is 4.79 Å². The third kappa shape index (κ3) is 5.00. The second kappa shape index (κ2) is 8.15. The van der Waals surface area contributed by atoms with Gasteiger partial charge in [0, 0.05) is 26.3 Å². The van der Waals surface area contributed by atoms with Crippen molar-refractivity contribution in [1.82, 2.24) is 0 Å². The monoisotopic (exact) mass is 423 g/mol. The minimum Gasteiger partial charge on any atom is -0.493 e. The second-order valence-electron chi connectivity index (χ2n) is 4.45. The quantitative estimate of drug-likeness (QED) is 0.664. The number of ether oxygens (including phenoxy) is 1. The molecule has 0 spiro atoms. The van der Waals surface area contributed by atoms with Crippen molar-refractivity contribution in [2.24, 2.45) is 0 Å². The highest BCUT2D eigenvalue weighted by Crippen LogP contribution is 2.24. The van der Waals surface area contributed by atoms with Crippen LogP contribution in [0.2, 0.25) is 0 Å². The lowest BCUT2D eigenvalue weighted by molar-refractivity contribution is -0.111. The van der Waals surface area contributed by atoms with E-state index in [1.807, 2.05) is 49.4 Å². The van der Waals surface area contributed by atoms with Crippen molar-refractivity contribution in [2.45, 2.75) is 6.92 Å². The van der Waals surface area contributed by atoms with Crippen molar-refractivity contribution in [2.75, 3.05) is 11.9 Å². The number of carbonyl (C=O) groups is 1. The summed E-state index contributed by atoms with van der Waals surface area (Å²) >= 11 is 6.79. The summed E-state index contributed by atoms with van der Waals surface area (Å²) in [5.74, 6) is 0.553. The lowest BCUT2D eigenvalue weighted by Gasteiger charge is -2.07. The number of rotatable bonds is 5. The lowest BCUT2D eigenvalue weighted by Crippen LogP contribution is -2.07. The first-order valence-electron chi connectivity index (χ1n) is 6.75. The first-order chi connectivity index (χ1) is 10.6. The number of hydrogen-bond donors (Lipinski definition) is 1. The molecule has 2 rings (SSSR count). The van der Waals surface area contributed by atoms with Crippen molar-refractivity contribution in [3.8, 4) is 5.75 Å². The normalized spacial score (nSPS) is 10.7. The Hall–Kier alpha value is -1.59. The van der Waals surface area contributed by atoms with E-state index < -0.39 is 0 Å². The molecular weight excluding hydrogens is 410 g/mol. The largest absolute Gasteiger partial charge is 0.493 e. The molecule has 3 nitrogen and oxygen atoms in total. The van der Waals surface area contributed by atoms with E-state index in [-0.39, 0.29) is 5.91 Å². The first-order valence-corrected chi connectivity index (χ1v) is 8.34. The standard InChI is InChI=1S/C17H15Br2NO2/c1-2-22-16-8-7-14(19)10-12(16)6-9-17(21)20-15-5-3-4-13(18)11-15/h3-11H,2H2,1H3,(H,20,21)/b9-6+. The molecule has 0 radical (unpaired) electrons. The van der Waals surface area contributed by atoms with Crippen LogP contribution < -0.4 is 10.1 Å². The van der Waals surface area contributed by atoms with Gasteiger partial charge in [0.2, 0.25) is 5.91 Å². The fourth-order valence-corrected chi connectivity index (χ4v) is 2.63. The number of anilines is 1. The van der Waals surface area contributed by atoms with Crippen LogP contribution in [-0.4, -0.2) is 12.5 Å². The molecule has 0 aliphatic carbocycles. The van der Waals surface area contributed by atoms with E-state index in [9.17, 15) is 4.79 Å². The summed E-state index contributed by atoms with van der Waals surface area (Å²) in [6.45, 7) is 2.50. The third-order valence-electron chi connectivity index (χ3n) is 2.78. The van der Waals surface area contributed by atoms with E-state index in [1.54, 1.807) is 6.08 Å². The van der Waals surface area contributed by atoms with Crippen LogP contribution in [-0.2, 0) is 4.79 Å². The lowest BCUT2D eigenvalue weighted by atomic mass is 10.2. The molecule has 0 aliphatic rings. The molecule has 1 amide bonds. The zero-order valence-corrected chi connectivity index (χ0v) is 15.1. The zero-order valence-electron chi connectivity index (χ0n) is 12.0. The average Bonchev–Trinajstić information content (AvgIpc) is 2.48. The molecule has 2 aromatic carbocycles. The van der Waals surface area contributed by atoms with Gasteiger partial charge < -0.3 is 10.1 Å². The Kier molecular flexibility index (Phi) is 6.21. The highest BCUT2D eigenvalue weighted by molar-refractivity contribution is 9.10. The van der Waals surface area contributed by atoms with Gasteiger partial charge in [0.25, 0.3) is 0 Å². The van der Waals surface area contributed by atoms with Crippen molar-refractivity contribution in [3.63, 3.8) is 0 Å². The van der Waals surface area contributed by atoms with Crippen LogP contribution in [0.4, 0.5) is 5.69 Å². The van der Waals surface area contributed by atoms with Crippen LogP contribution >= 0.6 is 31.9 Å².